The Morgan fingerprint density at radius 2 is 2.11 bits per heavy atom. The van der Waals surface area contributed by atoms with E-state index in [0.29, 0.717) is 5.82 Å². The number of anilines is 2. The Hall–Kier alpha value is -2.43. The molecule has 3 aromatic rings. The second kappa shape index (κ2) is 3.80. The highest BCUT2D eigenvalue weighted by atomic mass is 16.3. The summed E-state index contributed by atoms with van der Waals surface area (Å²) in [6, 6.07) is 5.82. The fourth-order valence-electron chi connectivity index (χ4n) is 1.93. The van der Waals surface area contributed by atoms with E-state index in [1.54, 1.807) is 12.5 Å². The fourth-order valence-corrected chi connectivity index (χ4v) is 1.93. The largest absolute Gasteiger partial charge is 0.472 e. The topological polar surface area (TPSA) is 59.7 Å². The van der Waals surface area contributed by atoms with Gasteiger partial charge in [-0.3, -0.25) is 4.40 Å². The zero-order valence-corrected chi connectivity index (χ0v) is 10.3. The van der Waals surface area contributed by atoms with E-state index in [4.69, 9.17) is 10.2 Å². The summed E-state index contributed by atoms with van der Waals surface area (Å²) in [5, 5.41) is 0. The van der Waals surface area contributed by atoms with Crippen LogP contribution in [0.4, 0.5) is 11.5 Å². The average Bonchev–Trinajstić information content (AvgIpc) is 2.97. The molecule has 0 bridgehead atoms. The van der Waals surface area contributed by atoms with E-state index in [1.807, 2.05) is 47.8 Å². The van der Waals surface area contributed by atoms with Crippen molar-refractivity contribution in [3.8, 4) is 11.3 Å². The smallest absolute Gasteiger partial charge is 0.139 e. The highest BCUT2D eigenvalue weighted by molar-refractivity contribution is 5.75. The molecule has 0 saturated carbocycles. The normalized spacial score (nSPS) is 11.0. The number of nitrogens with two attached hydrogens (primary N) is 1. The van der Waals surface area contributed by atoms with Gasteiger partial charge in [0.15, 0.2) is 0 Å². The lowest BCUT2D eigenvalue weighted by atomic mass is 10.2. The number of fused-ring (bicyclic) bond motifs is 1. The molecule has 0 radical (unpaired) electrons. The Kier molecular flexibility index (Phi) is 2.26. The molecule has 3 heterocycles. The SMILES string of the molecule is CN(C)c1ccc2nc(-c3ccoc3)c(N)n2c1. The van der Waals surface area contributed by atoms with Crippen molar-refractivity contribution < 1.29 is 4.42 Å². The summed E-state index contributed by atoms with van der Waals surface area (Å²) in [5.41, 5.74) is 9.68. The third-order valence-electron chi connectivity index (χ3n) is 2.95. The van der Waals surface area contributed by atoms with E-state index in [1.165, 1.54) is 0 Å². The summed E-state index contributed by atoms with van der Waals surface area (Å²) in [5.74, 6) is 0.620. The van der Waals surface area contributed by atoms with E-state index in [0.717, 1.165) is 22.6 Å². The molecule has 0 atom stereocenters. The van der Waals surface area contributed by atoms with E-state index in [-0.39, 0.29) is 0 Å². The minimum Gasteiger partial charge on any atom is -0.472 e. The van der Waals surface area contributed by atoms with Crippen molar-refractivity contribution in [1.29, 1.82) is 0 Å². The molecule has 2 N–H and O–H groups in total. The number of pyridine rings is 1. The molecular formula is C13H14N4O. The molecule has 0 aliphatic carbocycles. The van der Waals surface area contributed by atoms with Crippen molar-refractivity contribution in [3.05, 3.63) is 36.9 Å². The van der Waals surface area contributed by atoms with Gasteiger partial charge < -0.3 is 15.1 Å². The molecular weight excluding hydrogens is 228 g/mol. The summed E-state index contributed by atoms with van der Waals surface area (Å²) >= 11 is 0. The summed E-state index contributed by atoms with van der Waals surface area (Å²) in [6.45, 7) is 0. The van der Waals surface area contributed by atoms with Crippen molar-refractivity contribution in [3.63, 3.8) is 0 Å². The van der Waals surface area contributed by atoms with Crippen LogP contribution in [0.5, 0.6) is 0 Å². The summed E-state index contributed by atoms with van der Waals surface area (Å²) in [4.78, 5) is 6.54. The lowest BCUT2D eigenvalue weighted by molar-refractivity contribution is 0.568. The van der Waals surface area contributed by atoms with Gasteiger partial charge in [0.1, 0.15) is 17.2 Å². The van der Waals surface area contributed by atoms with Crippen LogP contribution in [0.15, 0.2) is 41.3 Å². The van der Waals surface area contributed by atoms with Crippen LogP contribution in [-0.4, -0.2) is 23.5 Å². The molecule has 0 spiro atoms. The number of furan rings is 1. The molecule has 0 aromatic carbocycles. The lowest BCUT2D eigenvalue weighted by Crippen LogP contribution is -2.09. The van der Waals surface area contributed by atoms with Gasteiger partial charge in [-0.15, -0.1) is 0 Å². The van der Waals surface area contributed by atoms with Crippen LogP contribution in [-0.2, 0) is 0 Å². The third-order valence-corrected chi connectivity index (χ3v) is 2.95. The predicted octanol–water partition coefficient (Wildman–Crippen LogP) is 2.24. The van der Waals surface area contributed by atoms with Crippen molar-refractivity contribution in [2.45, 2.75) is 0 Å². The second-order valence-electron chi connectivity index (χ2n) is 4.37. The number of nitrogens with zero attached hydrogens (tertiary/aromatic N) is 3. The zero-order chi connectivity index (χ0) is 12.7. The summed E-state index contributed by atoms with van der Waals surface area (Å²) < 4.78 is 6.96. The quantitative estimate of drug-likeness (QED) is 0.748. The molecule has 5 heteroatoms. The maximum Gasteiger partial charge on any atom is 0.139 e. The minimum atomic E-state index is 0.620. The zero-order valence-electron chi connectivity index (χ0n) is 10.3. The maximum absolute atomic E-state index is 6.14. The minimum absolute atomic E-state index is 0.620. The molecule has 0 aliphatic heterocycles. The van der Waals surface area contributed by atoms with Crippen LogP contribution < -0.4 is 10.6 Å². The standard InChI is InChI=1S/C13H14N4O/c1-16(2)10-3-4-11-15-12(9-5-6-18-8-9)13(14)17(11)7-10/h3-8H,14H2,1-2H3. The number of nitrogen functional groups attached to an aromatic ring is 1. The Bertz CT molecular complexity index is 682. The monoisotopic (exact) mass is 242 g/mol. The van der Waals surface area contributed by atoms with E-state index in [9.17, 15) is 0 Å². The van der Waals surface area contributed by atoms with Gasteiger partial charge in [0.25, 0.3) is 0 Å². The number of aromatic nitrogens is 2. The third kappa shape index (κ3) is 1.52. The number of hydrogen-bond acceptors (Lipinski definition) is 4. The Morgan fingerprint density at radius 3 is 2.78 bits per heavy atom. The first-order chi connectivity index (χ1) is 8.66. The Balaban J connectivity index is 2.22. The van der Waals surface area contributed by atoms with E-state index < -0.39 is 0 Å². The first-order valence-electron chi connectivity index (χ1n) is 5.64. The van der Waals surface area contributed by atoms with Gasteiger partial charge in [0.05, 0.1) is 18.2 Å². The highest BCUT2D eigenvalue weighted by Crippen LogP contribution is 2.27. The van der Waals surface area contributed by atoms with Gasteiger partial charge in [0, 0.05) is 25.9 Å². The molecule has 5 nitrogen and oxygen atoms in total. The van der Waals surface area contributed by atoms with Gasteiger partial charge in [-0.2, -0.15) is 0 Å². The van der Waals surface area contributed by atoms with Crippen LogP contribution in [0.25, 0.3) is 16.9 Å². The summed E-state index contributed by atoms with van der Waals surface area (Å²) in [7, 11) is 3.98. The lowest BCUT2D eigenvalue weighted by Gasteiger charge is -2.12. The van der Waals surface area contributed by atoms with Crippen LogP contribution in [0.2, 0.25) is 0 Å². The van der Waals surface area contributed by atoms with Crippen molar-refractivity contribution >= 4 is 17.2 Å². The van der Waals surface area contributed by atoms with Crippen molar-refractivity contribution in [2.75, 3.05) is 24.7 Å². The fraction of sp³-hybridized carbons (Fsp3) is 0.154. The predicted molar refractivity (Wildman–Crippen MR) is 71.6 cm³/mol. The van der Waals surface area contributed by atoms with Crippen LogP contribution >= 0.6 is 0 Å². The molecule has 0 unspecified atom stereocenters. The highest BCUT2D eigenvalue weighted by Gasteiger charge is 2.12. The molecule has 3 rings (SSSR count). The molecule has 0 aliphatic rings. The average molecular weight is 242 g/mol. The number of hydrogen-bond donors (Lipinski definition) is 1. The van der Waals surface area contributed by atoms with Gasteiger partial charge in [0.2, 0.25) is 0 Å². The maximum atomic E-state index is 6.14. The van der Waals surface area contributed by atoms with E-state index in [2.05, 4.69) is 4.98 Å². The van der Waals surface area contributed by atoms with Crippen LogP contribution in [0, 0.1) is 0 Å². The first-order valence-corrected chi connectivity index (χ1v) is 5.64. The van der Waals surface area contributed by atoms with Gasteiger partial charge in [-0.1, -0.05) is 0 Å². The van der Waals surface area contributed by atoms with E-state index >= 15 is 0 Å². The van der Waals surface area contributed by atoms with Crippen molar-refractivity contribution in [2.24, 2.45) is 0 Å². The van der Waals surface area contributed by atoms with Crippen molar-refractivity contribution in [1.82, 2.24) is 9.38 Å². The number of imidazole rings is 1. The Morgan fingerprint density at radius 1 is 1.28 bits per heavy atom. The van der Waals surface area contributed by atoms with Crippen LogP contribution in [0.1, 0.15) is 0 Å². The first kappa shape index (κ1) is 10.7. The second-order valence-corrected chi connectivity index (χ2v) is 4.37. The van der Waals surface area contributed by atoms with Gasteiger partial charge >= 0.3 is 0 Å². The number of rotatable bonds is 2. The Labute approximate surface area is 104 Å². The molecule has 0 saturated heterocycles. The molecule has 92 valence electrons. The molecule has 3 aromatic heterocycles. The van der Waals surface area contributed by atoms with Gasteiger partial charge in [-0.05, 0) is 18.2 Å². The molecule has 0 amide bonds. The summed E-state index contributed by atoms with van der Waals surface area (Å²) in [6.07, 6.45) is 5.23. The molecule has 0 fully saturated rings. The molecule has 18 heavy (non-hydrogen) atoms. The van der Waals surface area contributed by atoms with Crippen LogP contribution in [0.3, 0.4) is 0 Å². The van der Waals surface area contributed by atoms with Gasteiger partial charge in [-0.25, -0.2) is 4.98 Å².